The number of carbonyl (C=O) groups is 1. The Kier molecular flexibility index (Phi) is 11.2. The first-order valence-electron chi connectivity index (χ1n) is 7.49. The summed E-state index contributed by atoms with van der Waals surface area (Å²) in [5.74, 6) is 1.46. The van der Waals surface area contributed by atoms with Crippen LogP contribution in [0.4, 0.5) is 0 Å². The molecule has 3 nitrogen and oxygen atoms in total. The lowest BCUT2D eigenvalue weighted by atomic mass is 10.0. The lowest BCUT2D eigenvalue weighted by molar-refractivity contribution is -0.120. The van der Waals surface area contributed by atoms with Gasteiger partial charge in [0.05, 0.1) is 6.54 Å². The van der Waals surface area contributed by atoms with E-state index < -0.39 is 0 Å². The third-order valence-electron chi connectivity index (χ3n) is 2.88. The first kappa shape index (κ1) is 17.4. The van der Waals surface area contributed by atoms with Gasteiger partial charge in [-0.2, -0.15) is 0 Å². The number of carbonyl (C=O) groups excluding carboxylic acids is 1. The largest absolute Gasteiger partial charge is 0.355 e. The molecule has 0 fully saturated rings. The summed E-state index contributed by atoms with van der Waals surface area (Å²) < 4.78 is 0. The molecule has 1 amide bonds. The van der Waals surface area contributed by atoms with Crippen LogP contribution in [0.2, 0.25) is 0 Å². The van der Waals surface area contributed by atoms with Crippen molar-refractivity contribution >= 4 is 5.91 Å². The van der Waals surface area contributed by atoms with E-state index in [4.69, 9.17) is 0 Å². The van der Waals surface area contributed by atoms with Crippen LogP contribution in [0.1, 0.15) is 59.8 Å². The maximum atomic E-state index is 11.4. The van der Waals surface area contributed by atoms with E-state index in [0.717, 1.165) is 19.0 Å². The van der Waals surface area contributed by atoms with Crippen molar-refractivity contribution in [1.29, 1.82) is 0 Å². The molecule has 0 aliphatic carbocycles. The van der Waals surface area contributed by atoms with Crippen molar-refractivity contribution in [2.45, 2.75) is 59.8 Å². The topological polar surface area (TPSA) is 41.1 Å². The predicted molar refractivity (Wildman–Crippen MR) is 78.6 cm³/mol. The summed E-state index contributed by atoms with van der Waals surface area (Å²) in [7, 11) is 0. The molecule has 0 unspecified atom stereocenters. The first-order chi connectivity index (χ1) is 8.52. The van der Waals surface area contributed by atoms with Crippen molar-refractivity contribution in [3.63, 3.8) is 0 Å². The second kappa shape index (κ2) is 11.5. The Bertz CT molecular complexity index is 203. The number of nitrogens with one attached hydrogen (secondary N) is 2. The van der Waals surface area contributed by atoms with E-state index in [1.54, 1.807) is 0 Å². The minimum atomic E-state index is 0.114. The summed E-state index contributed by atoms with van der Waals surface area (Å²) in [5.41, 5.74) is 0. The van der Waals surface area contributed by atoms with Crippen LogP contribution in [0, 0.1) is 11.8 Å². The lowest BCUT2D eigenvalue weighted by Crippen LogP contribution is -2.36. The summed E-state index contributed by atoms with van der Waals surface area (Å²) in [6.45, 7) is 10.9. The summed E-state index contributed by atoms with van der Waals surface area (Å²) in [6, 6.07) is 0. The van der Waals surface area contributed by atoms with Gasteiger partial charge in [-0.3, -0.25) is 4.79 Å². The van der Waals surface area contributed by atoms with Crippen LogP contribution in [0.5, 0.6) is 0 Å². The van der Waals surface area contributed by atoms with Crippen molar-refractivity contribution in [3.05, 3.63) is 0 Å². The zero-order chi connectivity index (χ0) is 13.8. The van der Waals surface area contributed by atoms with Crippen molar-refractivity contribution in [1.82, 2.24) is 10.6 Å². The highest BCUT2D eigenvalue weighted by molar-refractivity contribution is 5.77. The van der Waals surface area contributed by atoms with Crippen molar-refractivity contribution < 1.29 is 4.79 Å². The SMILES string of the molecule is CC(C)CCCCCCNCC(=O)NCC(C)C. The number of hydrogen-bond donors (Lipinski definition) is 2. The summed E-state index contributed by atoms with van der Waals surface area (Å²) in [5, 5.41) is 6.10. The van der Waals surface area contributed by atoms with Gasteiger partial charge in [-0.15, -0.1) is 0 Å². The van der Waals surface area contributed by atoms with Crippen LogP contribution in [-0.4, -0.2) is 25.5 Å². The van der Waals surface area contributed by atoms with Crippen LogP contribution in [0.3, 0.4) is 0 Å². The first-order valence-corrected chi connectivity index (χ1v) is 7.49. The van der Waals surface area contributed by atoms with Crippen molar-refractivity contribution in [3.8, 4) is 0 Å². The molecule has 0 heterocycles. The maximum Gasteiger partial charge on any atom is 0.233 e. The monoisotopic (exact) mass is 256 g/mol. The van der Waals surface area contributed by atoms with E-state index in [1.165, 1.54) is 32.1 Å². The Morgan fingerprint density at radius 2 is 1.61 bits per heavy atom. The fraction of sp³-hybridized carbons (Fsp3) is 0.933. The van der Waals surface area contributed by atoms with Gasteiger partial charge in [0.1, 0.15) is 0 Å². The Labute approximate surface area is 113 Å². The lowest BCUT2D eigenvalue weighted by Gasteiger charge is -2.08. The van der Waals surface area contributed by atoms with E-state index in [0.29, 0.717) is 12.5 Å². The fourth-order valence-corrected chi connectivity index (χ4v) is 1.74. The van der Waals surface area contributed by atoms with Crippen LogP contribution >= 0.6 is 0 Å². The fourth-order valence-electron chi connectivity index (χ4n) is 1.74. The molecule has 0 aromatic rings. The Hall–Kier alpha value is -0.570. The highest BCUT2D eigenvalue weighted by Gasteiger charge is 2.01. The number of amides is 1. The normalized spacial score (nSPS) is 11.2. The Morgan fingerprint density at radius 3 is 2.22 bits per heavy atom. The van der Waals surface area contributed by atoms with Crippen molar-refractivity contribution in [2.24, 2.45) is 11.8 Å². The second-order valence-electron chi connectivity index (χ2n) is 5.97. The van der Waals surface area contributed by atoms with E-state index in [-0.39, 0.29) is 5.91 Å². The molecule has 0 saturated carbocycles. The van der Waals surface area contributed by atoms with Crippen LogP contribution in [0.15, 0.2) is 0 Å². The zero-order valence-electron chi connectivity index (χ0n) is 12.7. The van der Waals surface area contributed by atoms with E-state index in [9.17, 15) is 4.79 Å². The zero-order valence-corrected chi connectivity index (χ0v) is 12.7. The molecule has 0 aromatic heterocycles. The summed E-state index contributed by atoms with van der Waals surface area (Å²) >= 11 is 0. The average molecular weight is 256 g/mol. The molecule has 0 spiro atoms. The van der Waals surface area contributed by atoms with E-state index >= 15 is 0 Å². The van der Waals surface area contributed by atoms with E-state index in [1.807, 2.05) is 0 Å². The van der Waals surface area contributed by atoms with Gasteiger partial charge in [0, 0.05) is 6.54 Å². The van der Waals surface area contributed by atoms with Crippen molar-refractivity contribution in [2.75, 3.05) is 19.6 Å². The Balaban J connectivity index is 3.17. The van der Waals surface area contributed by atoms with Gasteiger partial charge in [-0.25, -0.2) is 0 Å². The quantitative estimate of drug-likeness (QED) is 0.558. The molecule has 2 N–H and O–H groups in total. The van der Waals surface area contributed by atoms with Crippen LogP contribution in [-0.2, 0) is 4.79 Å². The summed E-state index contributed by atoms with van der Waals surface area (Å²) in [6.07, 6.45) is 6.44. The Morgan fingerprint density at radius 1 is 0.944 bits per heavy atom. The van der Waals surface area contributed by atoms with Gasteiger partial charge in [-0.05, 0) is 24.8 Å². The molecule has 0 rings (SSSR count). The molecule has 0 radical (unpaired) electrons. The molecule has 0 aromatic carbocycles. The van der Waals surface area contributed by atoms with Gasteiger partial charge in [0.2, 0.25) is 5.91 Å². The van der Waals surface area contributed by atoms with Gasteiger partial charge in [0.25, 0.3) is 0 Å². The molecule has 3 heteroatoms. The van der Waals surface area contributed by atoms with Crippen LogP contribution in [0.25, 0.3) is 0 Å². The second-order valence-corrected chi connectivity index (χ2v) is 5.97. The molecule has 0 saturated heterocycles. The molecule has 0 atom stereocenters. The molecule has 108 valence electrons. The molecule has 0 aliphatic heterocycles. The number of hydrogen-bond acceptors (Lipinski definition) is 2. The molecule has 0 bridgehead atoms. The number of unbranched alkanes of at least 4 members (excludes halogenated alkanes) is 3. The van der Waals surface area contributed by atoms with Gasteiger partial charge in [-0.1, -0.05) is 53.4 Å². The molecular formula is C15H32N2O. The smallest absolute Gasteiger partial charge is 0.233 e. The molecule has 18 heavy (non-hydrogen) atoms. The number of rotatable bonds is 11. The molecular weight excluding hydrogens is 224 g/mol. The summed E-state index contributed by atoms with van der Waals surface area (Å²) in [4.78, 5) is 11.4. The van der Waals surface area contributed by atoms with Gasteiger partial charge in [0.15, 0.2) is 0 Å². The standard InChI is InChI=1S/C15H32N2O/c1-13(2)9-7-5-6-8-10-16-12-15(18)17-11-14(3)4/h13-14,16H,5-12H2,1-4H3,(H,17,18). The third kappa shape index (κ3) is 13.5. The van der Waals surface area contributed by atoms with Gasteiger partial charge >= 0.3 is 0 Å². The minimum absolute atomic E-state index is 0.114. The highest BCUT2D eigenvalue weighted by atomic mass is 16.1. The highest BCUT2D eigenvalue weighted by Crippen LogP contribution is 2.08. The minimum Gasteiger partial charge on any atom is -0.355 e. The van der Waals surface area contributed by atoms with E-state index in [2.05, 4.69) is 38.3 Å². The van der Waals surface area contributed by atoms with Crippen LogP contribution < -0.4 is 10.6 Å². The average Bonchev–Trinajstić information content (AvgIpc) is 2.29. The maximum absolute atomic E-state index is 11.4. The third-order valence-corrected chi connectivity index (χ3v) is 2.88. The molecule has 0 aliphatic rings. The predicted octanol–water partition coefficient (Wildman–Crippen LogP) is 2.95. The van der Waals surface area contributed by atoms with Gasteiger partial charge < -0.3 is 10.6 Å².